The molecule has 0 aliphatic rings. The van der Waals surface area contributed by atoms with E-state index in [1.807, 2.05) is 48.5 Å². The van der Waals surface area contributed by atoms with E-state index in [0.29, 0.717) is 5.82 Å². The molecule has 0 atom stereocenters. The lowest BCUT2D eigenvalue weighted by molar-refractivity contribution is 1.18. The van der Waals surface area contributed by atoms with Gasteiger partial charge >= 0.3 is 0 Å². The predicted molar refractivity (Wildman–Crippen MR) is 197 cm³/mol. The molecule has 0 unspecified atom stereocenters. The van der Waals surface area contributed by atoms with Crippen molar-refractivity contribution >= 4 is 32.6 Å². The predicted octanol–water partition coefficient (Wildman–Crippen LogP) is 11.1. The summed E-state index contributed by atoms with van der Waals surface area (Å²) in [5.74, 6) is 0.690. The van der Waals surface area contributed by atoms with Crippen molar-refractivity contribution in [3.63, 3.8) is 0 Å². The van der Waals surface area contributed by atoms with Gasteiger partial charge in [-0.1, -0.05) is 152 Å². The molecule has 48 heavy (non-hydrogen) atoms. The maximum absolute atomic E-state index is 5.39. The molecule has 4 heteroatoms. The van der Waals surface area contributed by atoms with Gasteiger partial charge in [-0.2, -0.15) is 0 Å². The minimum Gasteiger partial charge on any atom is -0.247 e. The van der Waals surface area contributed by atoms with Gasteiger partial charge in [-0.15, -0.1) is 0 Å². The Balaban J connectivity index is 1.29. The van der Waals surface area contributed by atoms with Crippen LogP contribution in [0.5, 0.6) is 0 Å². The van der Waals surface area contributed by atoms with E-state index in [2.05, 4.69) is 121 Å². The highest BCUT2D eigenvalue weighted by molar-refractivity contribution is 6.20. The van der Waals surface area contributed by atoms with Gasteiger partial charge in [0.25, 0.3) is 0 Å². The van der Waals surface area contributed by atoms with Crippen LogP contribution in [0.15, 0.2) is 170 Å². The fraction of sp³-hybridized carbons (Fsp3) is 0. The Morgan fingerprint density at radius 3 is 1.54 bits per heavy atom. The Hall–Kier alpha value is -6.52. The number of benzene rings is 6. The molecule has 0 bridgehead atoms. The first-order valence-corrected chi connectivity index (χ1v) is 16.1. The third-order valence-electron chi connectivity index (χ3n) is 8.86. The van der Waals surface area contributed by atoms with Gasteiger partial charge in [-0.25, -0.2) is 19.9 Å². The van der Waals surface area contributed by atoms with Gasteiger partial charge in [0.15, 0.2) is 5.82 Å². The molecule has 0 radical (unpaired) electrons. The molecular formula is C44H28N4. The average molecular weight is 613 g/mol. The molecule has 0 N–H and O–H groups in total. The van der Waals surface area contributed by atoms with Crippen molar-refractivity contribution in [2.75, 3.05) is 0 Å². The van der Waals surface area contributed by atoms with Crippen LogP contribution >= 0.6 is 0 Å². The number of hydrogen-bond donors (Lipinski definition) is 0. The normalized spacial score (nSPS) is 11.3. The van der Waals surface area contributed by atoms with Crippen molar-refractivity contribution in [1.29, 1.82) is 0 Å². The third-order valence-corrected chi connectivity index (χ3v) is 8.86. The summed E-state index contributed by atoms with van der Waals surface area (Å²) in [4.78, 5) is 20.7. The van der Waals surface area contributed by atoms with Crippen molar-refractivity contribution in [2.45, 2.75) is 0 Å². The van der Waals surface area contributed by atoms with Crippen molar-refractivity contribution in [3.8, 4) is 56.4 Å². The van der Waals surface area contributed by atoms with E-state index in [1.54, 1.807) is 0 Å². The molecule has 224 valence electrons. The van der Waals surface area contributed by atoms with Crippen LogP contribution in [0.4, 0.5) is 0 Å². The molecule has 0 spiro atoms. The number of hydrogen-bond acceptors (Lipinski definition) is 4. The Kier molecular flexibility index (Phi) is 6.76. The SMILES string of the molecule is c1ccc(-c2cc(-c3ccc4c(c3)nc(-c3ccccc3)c3c4ccc4ccc(-c5ccccc5)nc43)nc(-c3ccccc3)n2)cc1. The highest BCUT2D eigenvalue weighted by Gasteiger charge is 2.17. The van der Waals surface area contributed by atoms with E-state index in [9.17, 15) is 0 Å². The molecule has 0 saturated carbocycles. The minimum atomic E-state index is 0.690. The summed E-state index contributed by atoms with van der Waals surface area (Å²) >= 11 is 0. The van der Waals surface area contributed by atoms with E-state index >= 15 is 0 Å². The smallest absolute Gasteiger partial charge is 0.160 e. The van der Waals surface area contributed by atoms with Crippen LogP contribution in [-0.2, 0) is 0 Å². The molecule has 3 aromatic heterocycles. The van der Waals surface area contributed by atoms with Crippen LogP contribution in [0, 0.1) is 0 Å². The molecule has 6 aromatic carbocycles. The van der Waals surface area contributed by atoms with Crippen LogP contribution in [0.3, 0.4) is 0 Å². The van der Waals surface area contributed by atoms with Crippen LogP contribution < -0.4 is 0 Å². The van der Waals surface area contributed by atoms with Gasteiger partial charge in [0, 0.05) is 44.0 Å². The van der Waals surface area contributed by atoms with Crippen LogP contribution in [0.2, 0.25) is 0 Å². The highest BCUT2D eigenvalue weighted by atomic mass is 14.9. The molecule has 0 saturated heterocycles. The Labute approximate surface area is 278 Å². The largest absolute Gasteiger partial charge is 0.247 e. The first kappa shape index (κ1) is 27.8. The maximum Gasteiger partial charge on any atom is 0.160 e. The Morgan fingerprint density at radius 2 is 0.875 bits per heavy atom. The second-order valence-electron chi connectivity index (χ2n) is 11.9. The van der Waals surface area contributed by atoms with Crippen molar-refractivity contribution in [3.05, 3.63) is 170 Å². The number of fused-ring (bicyclic) bond motifs is 5. The molecule has 0 aliphatic heterocycles. The van der Waals surface area contributed by atoms with Gasteiger partial charge < -0.3 is 0 Å². The molecule has 0 fully saturated rings. The summed E-state index contributed by atoms with van der Waals surface area (Å²) < 4.78 is 0. The summed E-state index contributed by atoms with van der Waals surface area (Å²) in [6.07, 6.45) is 0. The third kappa shape index (κ3) is 4.97. The number of rotatable bonds is 5. The van der Waals surface area contributed by atoms with Crippen molar-refractivity contribution in [2.24, 2.45) is 0 Å². The average Bonchev–Trinajstić information content (AvgIpc) is 3.18. The number of aromatic nitrogens is 4. The fourth-order valence-electron chi connectivity index (χ4n) is 6.48. The molecule has 4 nitrogen and oxygen atoms in total. The summed E-state index contributed by atoms with van der Waals surface area (Å²) in [6.45, 7) is 0. The van der Waals surface area contributed by atoms with Gasteiger partial charge in [-0.3, -0.25) is 0 Å². The van der Waals surface area contributed by atoms with E-state index in [0.717, 1.165) is 83.2 Å². The molecule has 0 aliphatic carbocycles. The van der Waals surface area contributed by atoms with E-state index in [-0.39, 0.29) is 0 Å². The van der Waals surface area contributed by atoms with E-state index < -0.39 is 0 Å². The summed E-state index contributed by atoms with van der Waals surface area (Å²) in [5, 5.41) is 4.33. The summed E-state index contributed by atoms with van der Waals surface area (Å²) in [6, 6.07) is 58.4. The van der Waals surface area contributed by atoms with E-state index in [1.165, 1.54) is 0 Å². The molecule has 3 heterocycles. The van der Waals surface area contributed by atoms with Crippen molar-refractivity contribution < 1.29 is 0 Å². The zero-order chi connectivity index (χ0) is 31.9. The molecule has 9 rings (SSSR count). The topological polar surface area (TPSA) is 51.6 Å². The van der Waals surface area contributed by atoms with Crippen molar-refractivity contribution in [1.82, 2.24) is 19.9 Å². The minimum absolute atomic E-state index is 0.690. The highest BCUT2D eigenvalue weighted by Crippen LogP contribution is 2.39. The second-order valence-corrected chi connectivity index (χ2v) is 11.9. The van der Waals surface area contributed by atoms with Crippen LogP contribution in [-0.4, -0.2) is 19.9 Å². The first-order chi connectivity index (χ1) is 23.8. The van der Waals surface area contributed by atoms with Gasteiger partial charge in [0.2, 0.25) is 0 Å². The lowest BCUT2D eigenvalue weighted by Gasteiger charge is -2.14. The molecule has 0 amide bonds. The second kappa shape index (κ2) is 11.7. The first-order valence-electron chi connectivity index (χ1n) is 16.1. The zero-order valence-electron chi connectivity index (χ0n) is 26.0. The quantitative estimate of drug-likeness (QED) is 0.181. The maximum atomic E-state index is 5.39. The summed E-state index contributed by atoms with van der Waals surface area (Å²) in [5.41, 5.74) is 10.6. The lowest BCUT2D eigenvalue weighted by Crippen LogP contribution is -1.97. The molecule has 9 aromatic rings. The standard InChI is InChI=1S/C44H28N4/c1-5-13-29(14-6-1)37-26-23-32-21-25-36-35-24-22-34(27-40(35)46-42(41(36)43(32)45-37)31-17-9-3-10-18-31)39-28-38(30-15-7-2-8-16-30)47-44(48-39)33-19-11-4-12-20-33/h1-28H. The monoisotopic (exact) mass is 612 g/mol. The summed E-state index contributed by atoms with van der Waals surface area (Å²) in [7, 11) is 0. The zero-order valence-corrected chi connectivity index (χ0v) is 26.0. The van der Waals surface area contributed by atoms with Gasteiger partial charge in [0.1, 0.15) is 0 Å². The van der Waals surface area contributed by atoms with Gasteiger partial charge in [-0.05, 0) is 23.6 Å². The van der Waals surface area contributed by atoms with Gasteiger partial charge in [0.05, 0.1) is 33.8 Å². The number of pyridine rings is 2. The Morgan fingerprint density at radius 1 is 0.333 bits per heavy atom. The fourth-order valence-corrected chi connectivity index (χ4v) is 6.48. The lowest BCUT2D eigenvalue weighted by atomic mass is 9.96. The van der Waals surface area contributed by atoms with Crippen LogP contribution in [0.25, 0.3) is 89.0 Å². The number of nitrogens with zero attached hydrogens (tertiary/aromatic N) is 4. The Bertz CT molecular complexity index is 2530. The molecular weight excluding hydrogens is 585 g/mol. The van der Waals surface area contributed by atoms with Crippen LogP contribution in [0.1, 0.15) is 0 Å². The van der Waals surface area contributed by atoms with E-state index in [4.69, 9.17) is 19.9 Å².